The van der Waals surface area contributed by atoms with E-state index in [1.54, 1.807) is 19.1 Å². The van der Waals surface area contributed by atoms with E-state index in [1.807, 2.05) is 24.3 Å². The van der Waals surface area contributed by atoms with Crippen molar-refractivity contribution in [1.29, 1.82) is 0 Å². The zero-order valence-corrected chi connectivity index (χ0v) is 18.3. The lowest BCUT2D eigenvalue weighted by Gasteiger charge is -2.28. The summed E-state index contributed by atoms with van der Waals surface area (Å²) in [4.78, 5) is 14.5. The lowest BCUT2D eigenvalue weighted by Crippen LogP contribution is -2.36. The summed E-state index contributed by atoms with van der Waals surface area (Å²) < 4.78 is 30.2. The van der Waals surface area contributed by atoms with Gasteiger partial charge in [-0.05, 0) is 43.3 Å². The van der Waals surface area contributed by atoms with Crippen LogP contribution in [0, 0.1) is 5.82 Å². The minimum absolute atomic E-state index is 0.103. The number of para-hydroxylation sites is 1. The number of nitrogens with zero attached hydrogens (tertiary/aromatic N) is 3. The van der Waals surface area contributed by atoms with Crippen LogP contribution in [0.15, 0.2) is 58.2 Å². The fourth-order valence-corrected chi connectivity index (χ4v) is 3.70. The standard InChI is InChI=1S/C22H23FN4O4S/c1-15(30-19-5-3-2-4-18(19)23)21-25-26-22(31-21)32-14-20(28)24-16-6-8-17(9-7-16)27-10-12-29-13-11-27/h2-9,15H,10-14H2,1H3,(H,24,28). The van der Waals surface area contributed by atoms with Crippen LogP contribution in [0.2, 0.25) is 0 Å². The second kappa shape index (κ2) is 10.5. The van der Waals surface area contributed by atoms with Gasteiger partial charge in [-0.2, -0.15) is 0 Å². The normalized spacial score (nSPS) is 14.8. The summed E-state index contributed by atoms with van der Waals surface area (Å²) in [5, 5.41) is 10.9. The molecular weight excluding hydrogens is 435 g/mol. The molecule has 1 unspecified atom stereocenters. The number of aromatic nitrogens is 2. The number of carbonyl (C=O) groups is 1. The molecule has 0 spiro atoms. The molecule has 3 aromatic rings. The lowest BCUT2D eigenvalue weighted by molar-refractivity contribution is -0.113. The molecule has 8 nitrogen and oxygen atoms in total. The van der Waals surface area contributed by atoms with E-state index in [4.69, 9.17) is 13.9 Å². The van der Waals surface area contributed by atoms with Crippen molar-refractivity contribution >= 4 is 29.0 Å². The number of ether oxygens (including phenoxy) is 2. The molecule has 1 N–H and O–H groups in total. The summed E-state index contributed by atoms with van der Waals surface area (Å²) in [6.45, 7) is 4.85. The molecule has 0 saturated carbocycles. The average molecular weight is 459 g/mol. The van der Waals surface area contributed by atoms with Gasteiger partial charge in [0.1, 0.15) is 0 Å². The Hall–Kier alpha value is -3.11. The van der Waals surface area contributed by atoms with E-state index in [0.29, 0.717) is 5.69 Å². The van der Waals surface area contributed by atoms with Crippen LogP contribution in [-0.2, 0) is 9.53 Å². The second-order valence-electron chi connectivity index (χ2n) is 7.08. The summed E-state index contributed by atoms with van der Waals surface area (Å²) in [6.07, 6.45) is -0.632. The highest BCUT2D eigenvalue weighted by Crippen LogP contribution is 2.26. The number of thioether (sulfide) groups is 1. The molecule has 2 heterocycles. The van der Waals surface area contributed by atoms with Gasteiger partial charge in [0, 0.05) is 24.5 Å². The van der Waals surface area contributed by atoms with Crippen LogP contribution >= 0.6 is 11.8 Å². The van der Waals surface area contributed by atoms with Gasteiger partial charge < -0.3 is 24.1 Å². The van der Waals surface area contributed by atoms with Gasteiger partial charge in [0.2, 0.25) is 5.91 Å². The van der Waals surface area contributed by atoms with E-state index in [1.165, 1.54) is 12.1 Å². The Morgan fingerprint density at radius 2 is 1.94 bits per heavy atom. The number of hydrogen-bond acceptors (Lipinski definition) is 8. The highest BCUT2D eigenvalue weighted by atomic mass is 32.2. The molecule has 1 amide bonds. The third kappa shape index (κ3) is 5.77. The highest BCUT2D eigenvalue weighted by Gasteiger charge is 2.18. The van der Waals surface area contributed by atoms with Crippen molar-refractivity contribution < 1.29 is 23.1 Å². The Labute approximate surface area is 189 Å². The van der Waals surface area contributed by atoms with Crippen LogP contribution in [-0.4, -0.2) is 48.2 Å². The Balaban J connectivity index is 1.25. The van der Waals surface area contributed by atoms with E-state index in [2.05, 4.69) is 20.4 Å². The summed E-state index contributed by atoms with van der Waals surface area (Å²) in [5.41, 5.74) is 1.82. The Bertz CT molecular complexity index is 1040. The van der Waals surface area contributed by atoms with E-state index < -0.39 is 11.9 Å². The molecule has 0 radical (unpaired) electrons. The van der Waals surface area contributed by atoms with Crippen LogP contribution in [0.1, 0.15) is 18.9 Å². The number of rotatable bonds is 8. The third-order valence-corrected chi connectivity index (χ3v) is 5.58. The van der Waals surface area contributed by atoms with Gasteiger partial charge in [-0.25, -0.2) is 4.39 Å². The monoisotopic (exact) mass is 458 g/mol. The molecular formula is C22H23FN4O4S. The zero-order chi connectivity index (χ0) is 22.3. The molecule has 2 aromatic carbocycles. The fraction of sp³-hybridized carbons (Fsp3) is 0.318. The summed E-state index contributed by atoms with van der Waals surface area (Å²) >= 11 is 1.12. The number of anilines is 2. The Morgan fingerprint density at radius 3 is 2.69 bits per heavy atom. The van der Waals surface area contributed by atoms with Crippen molar-refractivity contribution in [2.75, 3.05) is 42.3 Å². The number of morpholine rings is 1. The fourth-order valence-electron chi connectivity index (χ4n) is 3.13. The van der Waals surface area contributed by atoms with Crippen molar-refractivity contribution in [3.8, 4) is 5.75 Å². The third-order valence-electron chi connectivity index (χ3n) is 4.76. The molecule has 168 valence electrons. The molecule has 1 saturated heterocycles. The predicted octanol–water partition coefficient (Wildman–Crippen LogP) is 3.92. The number of carbonyl (C=O) groups excluding carboxylic acids is 1. The summed E-state index contributed by atoms with van der Waals surface area (Å²) in [7, 11) is 0. The Morgan fingerprint density at radius 1 is 1.19 bits per heavy atom. The summed E-state index contributed by atoms with van der Waals surface area (Å²) in [5.74, 6) is -0.246. The average Bonchev–Trinajstić information content (AvgIpc) is 3.30. The summed E-state index contributed by atoms with van der Waals surface area (Å²) in [6, 6.07) is 13.8. The molecule has 10 heteroatoms. The van der Waals surface area contributed by atoms with Crippen molar-refractivity contribution in [2.24, 2.45) is 0 Å². The van der Waals surface area contributed by atoms with Crippen LogP contribution in [0.25, 0.3) is 0 Å². The van der Waals surface area contributed by atoms with Crippen molar-refractivity contribution in [3.63, 3.8) is 0 Å². The number of nitrogens with one attached hydrogen (secondary N) is 1. The molecule has 1 aliphatic rings. The largest absolute Gasteiger partial charge is 0.478 e. The van der Waals surface area contributed by atoms with Gasteiger partial charge in [0.15, 0.2) is 17.7 Å². The first-order chi connectivity index (χ1) is 15.6. The zero-order valence-electron chi connectivity index (χ0n) is 17.5. The minimum Gasteiger partial charge on any atom is -0.478 e. The van der Waals surface area contributed by atoms with Gasteiger partial charge in [-0.1, -0.05) is 23.9 Å². The molecule has 0 aliphatic carbocycles. The number of amides is 1. The van der Waals surface area contributed by atoms with Gasteiger partial charge in [-0.3, -0.25) is 4.79 Å². The minimum atomic E-state index is -0.632. The topological polar surface area (TPSA) is 89.7 Å². The van der Waals surface area contributed by atoms with Gasteiger partial charge in [0.05, 0.1) is 19.0 Å². The van der Waals surface area contributed by atoms with Crippen LogP contribution in [0.5, 0.6) is 5.75 Å². The maximum atomic E-state index is 13.7. The maximum absolute atomic E-state index is 13.7. The number of benzene rings is 2. The molecule has 1 fully saturated rings. The van der Waals surface area contributed by atoms with Crippen LogP contribution in [0.4, 0.5) is 15.8 Å². The van der Waals surface area contributed by atoms with E-state index in [9.17, 15) is 9.18 Å². The molecule has 1 aromatic heterocycles. The quantitative estimate of drug-likeness (QED) is 0.508. The molecule has 1 atom stereocenters. The first-order valence-electron chi connectivity index (χ1n) is 10.2. The van der Waals surface area contributed by atoms with Gasteiger partial charge in [-0.15, -0.1) is 10.2 Å². The van der Waals surface area contributed by atoms with Crippen molar-refractivity contribution in [2.45, 2.75) is 18.3 Å². The number of hydrogen-bond donors (Lipinski definition) is 1. The van der Waals surface area contributed by atoms with E-state index in [0.717, 1.165) is 43.8 Å². The van der Waals surface area contributed by atoms with Crippen molar-refractivity contribution in [3.05, 3.63) is 60.2 Å². The SMILES string of the molecule is CC(Oc1ccccc1F)c1nnc(SCC(=O)Nc2ccc(N3CCOCC3)cc2)o1. The Kier molecular flexibility index (Phi) is 7.23. The highest BCUT2D eigenvalue weighted by molar-refractivity contribution is 7.99. The first kappa shape index (κ1) is 22.1. The van der Waals surface area contributed by atoms with Gasteiger partial charge in [0.25, 0.3) is 11.1 Å². The van der Waals surface area contributed by atoms with E-state index >= 15 is 0 Å². The van der Waals surface area contributed by atoms with Crippen LogP contribution in [0.3, 0.4) is 0 Å². The smallest absolute Gasteiger partial charge is 0.277 e. The lowest BCUT2D eigenvalue weighted by atomic mass is 10.2. The maximum Gasteiger partial charge on any atom is 0.277 e. The van der Waals surface area contributed by atoms with Gasteiger partial charge >= 0.3 is 0 Å². The molecule has 1 aliphatic heterocycles. The van der Waals surface area contributed by atoms with Crippen molar-refractivity contribution in [1.82, 2.24) is 10.2 Å². The first-order valence-corrected chi connectivity index (χ1v) is 11.2. The van der Waals surface area contributed by atoms with E-state index in [-0.39, 0.29) is 28.5 Å². The predicted molar refractivity (Wildman–Crippen MR) is 119 cm³/mol. The van der Waals surface area contributed by atoms with Crippen LogP contribution < -0.4 is 15.0 Å². The molecule has 4 rings (SSSR count). The molecule has 0 bridgehead atoms. The second-order valence-corrected chi connectivity index (χ2v) is 8.01. The number of halogens is 1. The molecule has 32 heavy (non-hydrogen) atoms.